The molecule has 7 heteroatoms. The highest BCUT2D eigenvalue weighted by molar-refractivity contribution is 6.42. The number of hydrogen-bond acceptors (Lipinski definition) is 3. The van der Waals surface area contributed by atoms with Crippen LogP contribution >= 0.6 is 23.2 Å². The monoisotopic (exact) mass is 345 g/mol. The number of hydrogen-bond donors (Lipinski definition) is 1. The molecule has 0 aromatic heterocycles. The number of likely N-dealkylation sites (tertiary alicyclic amines) is 1. The van der Waals surface area contributed by atoms with Crippen molar-refractivity contribution in [2.24, 2.45) is 0 Å². The molecule has 2 rings (SSSR count). The quantitative estimate of drug-likeness (QED) is 0.909. The van der Waals surface area contributed by atoms with Crippen LogP contribution in [0.25, 0.3) is 0 Å². The van der Waals surface area contributed by atoms with Crippen molar-refractivity contribution >= 4 is 35.1 Å². The lowest BCUT2D eigenvalue weighted by molar-refractivity contribution is -0.157. The summed E-state index contributed by atoms with van der Waals surface area (Å²) in [7, 11) is 0. The molecule has 1 fully saturated rings. The number of carboxylic acid groups (broad SMARTS) is 1. The SMILES string of the molecule is CC(Oc1cccc(Cl)c1Cl)C(=O)N1CCCC1(C)C(=O)O. The van der Waals surface area contributed by atoms with Gasteiger partial charge >= 0.3 is 5.97 Å². The summed E-state index contributed by atoms with van der Waals surface area (Å²) in [5, 5.41) is 9.93. The van der Waals surface area contributed by atoms with Crippen molar-refractivity contribution < 1.29 is 19.4 Å². The van der Waals surface area contributed by atoms with E-state index in [1.807, 2.05) is 0 Å². The Balaban J connectivity index is 2.16. The molecular weight excluding hydrogens is 329 g/mol. The first-order valence-electron chi connectivity index (χ1n) is 6.93. The maximum absolute atomic E-state index is 12.5. The van der Waals surface area contributed by atoms with E-state index in [0.29, 0.717) is 30.2 Å². The molecule has 22 heavy (non-hydrogen) atoms. The normalized spacial score (nSPS) is 22.5. The van der Waals surface area contributed by atoms with Crippen molar-refractivity contribution in [3.05, 3.63) is 28.2 Å². The highest BCUT2D eigenvalue weighted by atomic mass is 35.5. The molecule has 1 aromatic rings. The standard InChI is InChI=1S/C15H17Cl2NO4/c1-9(22-11-6-3-5-10(16)12(11)17)13(19)18-8-4-7-15(18,2)14(20)21/h3,5-6,9H,4,7-8H2,1-2H3,(H,20,21). The van der Waals surface area contributed by atoms with Crippen LogP contribution in [0.1, 0.15) is 26.7 Å². The van der Waals surface area contributed by atoms with Gasteiger partial charge in [-0.2, -0.15) is 0 Å². The predicted octanol–water partition coefficient (Wildman–Crippen LogP) is 3.23. The van der Waals surface area contributed by atoms with E-state index in [1.165, 1.54) is 4.90 Å². The van der Waals surface area contributed by atoms with Gasteiger partial charge in [0.2, 0.25) is 0 Å². The number of carbonyl (C=O) groups excluding carboxylic acids is 1. The average Bonchev–Trinajstić information content (AvgIpc) is 2.86. The lowest BCUT2D eigenvalue weighted by atomic mass is 9.99. The van der Waals surface area contributed by atoms with Gasteiger partial charge < -0.3 is 14.7 Å². The third-order valence-corrected chi connectivity index (χ3v) is 4.74. The molecule has 1 amide bonds. The number of nitrogens with zero attached hydrogens (tertiary/aromatic N) is 1. The molecule has 1 aromatic carbocycles. The number of aliphatic carboxylic acids is 1. The fourth-order valence-corrected chi connectivity index (χ4v) is 2.91. The summed E-state index contributed by atoms with van der Waals surface area (Å²) >= 11 is 11.9. The Hall–Kier alpha value is -1.46. The second-order valence-corrected chi connectivity index (χ2v) is 6.27. The van der Waals surface area contributed by atoms with Gasteiger partial charge in [-0.3, -0.25) is 4.79 Å². The topological polar surface area (TPSA) is 66.8 Å². The number of rotatable bonds is 4. The van der Waals surface area contributed by atoms with Crippen LogP contribution in [-0.4, -0.2) is 40.1 Å². The fraction of sp³-hybridized carbons (Fsp3) is 0.467. The van der Waals surface area contributed by atoms with E-state index in [0.717, 1.165) is 0 Å². The van der Waals surface area contributed by atoms with Gasteiger partial charge in [-0.05, 0) is 38.8 Å². The van der Waals surface area contributed by atoms with Crippen LogP contribution in [-0.2, 0) is 9.59 Å². The van der Waals surface area contributed by atoms with E-state index in [2.05, 4.69) is 0 Å². The van der Waals surface area contributed by atoms with E-state index in [4.69, 9.17) is 27.9 Å². The van der Waals surface area contributed by atoms with E-state index in [1.54, 1.807) is 32.0 Å². The summed E-state index contributed by atoms with van der Waals surface area (Å²) in [6, 6.07) is 4.89. The van der Waals surface area contributed by atoms with E-state index < -0.39 is 17.6 Å². The first kappa shape index (κ1) is 16.9. The van der Waals surface area contributed by atoms with Crippen molar-refractivity contribution in [2.75, 3.05) is 6.54 Å². The molecule has 1 aliphatic rings. The zero-order valence-corrected chi connectivity index (χ0v) is 13.8. The third-order valence-electron chi connectivity index (χ3n) is 3.94. The largest absolute Gasteiger partial charge is 0.480 e. The predicted molar refractivity (Wildman–Crippen MR) is 83.5 cm³/mol. The van der Waals surface area contributed by atoms with Crippen LogP contribution < -0.4 is 4.74 Å². The average molecular weight is 346 g/mol. The summed E-state index contributed by atoms with van der Waals surface area (Å²) in [5.74, 6) is -1.09. The van der Waals surface area contributed by atoms with E-state index in [-0.39, 0.29) is 10.9 Å². The molecule has 1 heterocycles. The van der Waals surface area contributed by atoms with Gasteiger partial charge in [0.1, 0.15) is 16.3 Å². The highest BCUT2D eigenvalue weighted by Crippen LogP contribution is 2.34. The summed E-state index contributed by atoms with van der Waals surface area (Å²) in [6.45, 7) is 3.53. The third kappa shape index (κ3) is 3.01. The molecule has 0 bridgehead atoms. The number of halogens is 2. The minimum absolute atomic E-state index is 0.228. The van der Waals surface area contributed by atoms with Crippen LogP contribution in [0.5, 0.6) is 5.75 Å². The van der Waals surface area contributed by atoms with Crippen LogP contribution in [0.4, 0.5) is 0 Å². The van der Waals surface area contributed by atoms with Gasteiger partial charge in [0, 0.05) is 6.54 Å². The summed E-state index contributed by atoms with van der Waals surface area (Å²) in [5.41, 5.74) is -1.19. The lowest BCUT2D eigenvalue weighted by Crippen LogP contribution is -2.54. The zero-order chi connectivity index (χ0) is 16.5. The lowest BCUT2D eigenvalue weighted by Gasteiger charge is -2.33. The highest BCUT2D eigenvalue weighted by Gasteiger charge is 2.47. The molecule has 1 saturated heterocycles. The second-order valence-electron chi connectivity index (χ2n) is 5.48. The van der Waals surface area contributed by atoms with Gasteiger partial charge in [-0.25, -0.2) is 4.79 Å². The smallest absolute Gasteiger partial charge is 0.329 e. The maximum Gasteiger partial charge on any atom is 0.329 e. The minimum atomic E-state index is -1.19. The molecule has 0 radical (unpaired) electrons. The molecule has 2 unspecified atom stereocenters. The number of benzene rings is 1. The molecule has 2 atom stereocenters. The molecule has 0 saturated carbocycles. The van der Waals surface area contributed by atoms with Crippen LogP contribution in [0, 0.1) is 0 Å². The Labute approximate surface area is 138 Å². The number of amides is 1. The Kier molecular flexibility index (Phi) is 4.87. The maximum atomic E-state index is 12.5. The Morgan fingerprint density at radius 3 is 2.73 bits per heavy atom. The molecule has 120 valence electrons. The minimum Gasteiger partial charge on any atom is -0.480 e. The van der Waals surface area contributed by atoms with Crippen molar-refractivity contribution in [1.29, 1.82) is 0 Å². The number of ether oxygens (including phenoxy) is 1. The van der Waals surface area contributed by atoms with Gasteiger partial charge in [-0.15, -0.1) is 0 Å². The Morgan fingerprint density at radius 1 is 1.41 bits per heavy atom. The molecule has 1 aliphatic heterocycles. The van der Waals surface area contributed by atoms with Crippen LogP contribution in [0.15, 0.2) is 18.2 Å². The van der Waals surface area contributed by atoms with Crippen molar-refractivity contribution in [1.82, 2.24) is 4.90 Å². The molecule has 5 nitrogen and oxygen atoms in total. The molecule has 1 N–H and O–H groups in total. The van der Waals surface area contributed by atoms with Crippen LogP contribution in [0.2, 0.25) is 10.0 Å². The van der Waals surface area contributed by atoms with Crippen LogP contribution in [0.3, 0.4) is 0 Å². The van der Waals surface area contributed by atoms with Gasteiger partial charge in [-0.1, -0.05) is 29.3 Å². The second kappa shape index (κ2) is 6.34. The van der Waals surface area contributed by atoms with Crippen molar-refractivity contribution in [2.45, 2.75) is 38.3 Å². The van der Waals surface area contributed by atoms with Crippen molar-refractivity contribution in [3.8, 4) is 5.75 Å². The number of carbonyl (C=O) groups is 2. The fourth-order valence-electron chi connectivity index (χ4n) is 2.57. The summed E-state index contributed by atoms with van der Waals surface area (Å²) < 4.78 is 5.57. The van der Waals surface area contributed by atoms with Gasteiger partial charge in [0.05, 0.1) is 5.02 Å². The Bertz CT molecular complexity index is 607. The summed E-state index contributed by atoms with van der Waals surface area (Å²) in [4.78, 5) is 25.3. The molecule has 0 aliphatic carbocycles. The van der Waals surface area contributed by atoms with Gasteiger partial charge in [0.15, 0.2) is 6.10 Å². The molecule has 0 spiro atoms. The Morgan fingerprint density at radius 2 is 2.09 bits per heavy atom. The summed E-state index contributed by atoms with van der Waals surface area (Å²) in [6.07, 6.45) is 0.227. The van der Waals surface area contributed by atoms with E-state index in [9.17, 15) is 14.7 Å². The molecular formula is C15H17Cl2NO4. The first-order chi connectivity index (χ1) is 10.3. The first-order valence-corrected chi connectivity index (χ1v) is 7.68. The van der Waals surface area contributed by atoms with E-state index >= 15 is 0 Å². The zero-order valence-electron chi connectivity index (χ0n) is 12.3. The van der Waals surface area contributed by atoms with Gasteiger partial charge in [0.25, 0.3) is 5.91 Å². The number of carboxylic acids is 1. The van der Waals surface area contributed by atoms with Crippen molar-refractivity contribution in [3.63, 3.8) is 0 Å².